The molecule has 1 aromatic rings. The third-order valence-electron chi connectivity index (χ3n) is 2.84. The van der Waals surface area contributed by atoms with Crippen LogP contribution in [0.4, 0.5) is 16.2 Å². The van der Waals surface area contributed by atoms with Crippen LogP contribution < -0.4 is 15.4 Å². The average Bonchev–Trinajstić information content (AvgIpc) is 2.47. The normalized spacial score (nSPS) is 11.0. The summed E-state index contributed by atoms with van der Waals surface area (Å²) >= 11 is 0. The zero-order valence-electron chi connectivity index (χ0n) is 13.6. The fourth-order valence-electron chi connectivity index (χ4n) is 1.74. The van der Waals surface area contributed by atoms with Crippen molar-refractivity contribution < 1.29 is 17.9 Å². The van der Waals surface area contributed by atoms with Crippen molar-refractivity contribution in [3.05, 3.63) is 24.3 Å². The monoisotopic (exact) mass is 343 g/mol. The van der Waals surface area contributed by atoms with Gasteiger partial charge in [-0.2, -0.15) is 0 Å². The summed E-state index contributed by atoms with van der Waals surface area (Å²) in [6.45, 7) is 4.04. The first-order chi connectivity index (χ1) is 10.9. The highest BCUT2D eigenvalue weighted by atomic mass is 32.2. The summed E-state index contributed by atoms with van der Waals surface area (Å²) in [5.41, 5.74) is 1.03. The molecule has 0 aromatic heterocycles. The van der Waals surface area contributed by atoms with E-state index in [9.17, 15) is 13.2 Å². The molecule has 8 heteroatoms. The molecule has 23 heavy (non-hydrogen) atoms. The van der Waals surface area contributed by atoms with E-state index in [1.165, 1.54) is 0 Å². The molecule has 0 saturated carbocycles. The number of unbranched alkanes of at least 4 members (excludes halogenated alkanes) is 1. The lowest BCUT2D eigenvalue weighted by Crippen LogP contribution is -2.30. The lowest BCUT2D eigenvalue weighted by molar-refractivity contribution is 0.129. The zero-order chi connectivity index (χ0) is 17.1. The molecule has 0 spiro atoms. The van der Waals surface area contributed by atoms with E-state index in [1.54, 1.807) is 24.3 Å². The van der Waals surface area contributed by atoms with Gasteiger partial charge in [-0.05, 0) is 37.1 Å². The summed E-state index contributed by atoms with van der Waals surface area (Å²) in [5, 5.41) is 5.41. The van der Waals surface area contributed by atoms with Crippen LogP contribution in [0, 0.1) is 0 Å². The molecule has 0 radical (unpaired) electrons. The molecule has 0 aliphatic rings. The molecule has 0 fully saturated rings. The van der Waals surface area contributed by atoms with Gasteiger partial charge in [0, 0.05) is 31.1 Å². The molecule has 0 unspecified atom stereocenters. The average molecular weight is 343 g/mol. The first-order valence-electron chi connectivity index (χ1n) is 7.61. The Morgan fingerprint density at radius 2 is 1.70 bits per heavy atom. The number of amides is 2. The molecule has 0 atom stereocenters. The Morgan fingerprint density at radius 1 is 1.09 bits per heavy atom. The largest absolute Gasteiger partial charge is 0.381 e. The molecule has 2 amide bonds. The van der Waals surface area contributed by atoms with Crippen LogP contribution in [0.15, 0.2) is 24.3 Å². The van der Waals surface area contributed by atoms with Crippen LogP contribution in [0.5, 0.6) is 0 Å². The summed E-state index contributed by atoms with van der Waals surface area (Å²) < 4.78 is 29.9. The Balaban J connectivity index is 2.24. The van der Waals surface area contributed by atoms with Gasteiger partial charge in [0.05, 0.1) is 6.26 Å². The second-order valence-electron chi connectivity index (χ2n) is 5.15. The minimum Gasteiger partial charge on any atom is -0.381 e. The topological polar surface area (TPSA) is 96.5 Å². The van der Waals surface area contributed by atoms with Crippen molar-refractivity contribution in [2.45, 2.75) is 26.2 Å². The second-order valence-corrected chi connectivity index (χ2v) is 6.90. The van der Waals surface area contributed by atoms with Crippen LogP contribution in [-0.2, 0) is 14.8 Å². The lowest BCUT2D eigenvalue weighted by atomic mass is 10.3. The van der Waals surface area contributed by atoms with Crippen molar-refractivity contribution >= 4 is 27.4 Å². The van der Waals surface area contributed by atoms with E-state index in [0.717, 1.165) is 32.1 Å². The van der Waals surface area contributed by atoms with Crippen molar-refractivity contribution in [2.75, 3.05) is 36.1 Å². The smallest absolute Gasteiger partial charge is 0.319 e. The van der Waals surface area contributed by atoms with Gasteiger partial charge in [0.25, 0.3) is 0 Å². The molecular formula is C15H25N3O4S. The van der Waals surface area contributed by atoms with Gasteiger partial charge < -0.3 is 15.4 Å². The van der Waals surface area contributed by atoms with Crippen molar-refractivity contribution in [2.24, 2.45) is 0 Å². The number of rotatable bonds is 10. The van der Waals surface area contributed by atoms with Crippen LogP contribution in [0.2, 0.25) is 0 Å². The fraction of sp³-hybridized carbons (Fsp3) is 0.533. The third-order valence-corrected chi connectivity index (χ3v) is 3.45. The van der Waals surface area contributed by atoms with Gasteiger partial charge in [-0.15, -0.1) is 0 Å². The van der Waals surface area contributed by atoms with Crippen molar-refractivity contribution in [1.82, 2.24) is 5.32 Å². The van der Waals surface area contributed by atoms with Crippen LogP contribution >= 0.6 is 0 Å². The predicted molar refractivity (Wildman–Crippen MR) is 92.3 cm³/mol. The van der Waals surface area contributed by atoms with Gasteiger partial charge >= 0.3 is 6.03 Å². The SMILES string of the molecule is CCCCOCCCNC(=O)Nc1ccc(NS(C)(=O)=O)cc1. The number of carbonyl (C=O) groups is 1. The second kappa shape index (κ2) is 10.1. The van der Waals surface area contributed by atoms with Crippen LogP contribution in [-0.4, -0.2) is 40.5 Å². The molecular weight excluding hydrogens is 318 g/mol. The first kappa shape index (κ1) is 19.2. The Kier molecular flexibility index (Phi) is 8.42. The maximum absolute atomic E-state index is 11.7. The number of sulfonamides is 1. The predicted octanol–water partition coefficient (Wildman–Crippen LogP) is 2.39. The molecule has 130 valence electrons. The van der Waals surface area contributed by atoms with Crippen LogP contribution in [0.3, 0.4) is 0 Å². The number of hydrogen-bond donors (Lipinski definition) is 3. The number of urea groups is 1. The molecule has 0 saturated heterocycles. The lowest BCUT2D eigenvalue weighted by Gasteiger charge is -2.09. The Hall–Kier alpha value is -1.80. The van der Waals surface area contributed by atoms with E-state index in [1.807, 2.05) is 0 Å². The number of carbonyl (C=O) groups excluding carboxylic acids is 1. The summed E-state index contributed by atoms with van der Waals surface area (Å²) in [5.74, 6) is 0. The van der Waals surface area contributed by atoms with E-state index in [4.69, 9.17) is 4.74 Å². The van der Waals surface area contributed by atoms with Crippen LogP contribution in [0.25, 0.3) is 0 Å². The first-order valence-corrected chi connectivity index (χ1v) is 9.50. The number of benzene rings is 1. The minimum absolute atomic E-state index is 0.303. The van der Waals surface area contributed by atoms with E-state index in [0.29, 0.717) is 24.5 Å². The molecule has 3 N–H and O–H groups in total. The van der Waals surface area contributed by atoms with Crippen molar-refractivity contribution in [3.63, 3.8) is 0 Å². The summed E-state index contributed by atoms with van der Waals surface area (Å²) in [6, 6.07) is 6.11. The summed E-state index contributed by atoms with van der Waals surface area (Å²) in [7, 11) is -3.30. The Morgan fingerprint density at radius 3 is 2.30 bits per heavy atom. The highest BCUT2D eigenvalue weighted by Gasteiger charge is 2.03. The molecule has 0 aliphatic carbocycles. The van der Waals surface area contributed by atoms with Crippen molar-refractivity contribution in [3.8, 4) is 0 Å². The van der Waals surface area contributed by atoms with Gasteiger partial charge in [-0.25, -0.2) is 13.2 Å². The maximum atomic E-state index is 11.7. The zero-order valence-corrected chi connectivity index (χ0v) is 14.4. The Labute approximate surface area is 137 Å². The standard InChI is InChI=1S/C15H25N3O4S/c1-3-4-11-22-12-5-10-16-15(19)17-13-6-8-14(9-7-13)18-23(2,20)21/h6-9,18H,3-5,10-12H2,1-2H3,(H2,16,17,19). The van der Waals surface area contributed by atoms with Gasteiger partial charge in [0.2, 0.25) is 10.0 Å². The molecule has 1 rings (SSSR count). The highest BCUT2D eigenvalue weighted by molar-refractivity contribution is 7.92. The molecule has 0 bridgehead atoms. The number of nitrogens with one attached hydrogen (secondary N) is 3. The number of anilines is 2. The van der Waals surface area contributed by atoms with E-state index < -0.39 is 10.0 Å². The quantitative estimate of drug-likeness (QED) is 0.568. The molecule has 0 aliphatic heterocycles. The Bertz CT molecular complexity index is 573. The summed E-state index contributed by atoms with van der Waals surface area (Å²) in [6.07, 6.45) is 4.00. The highest BCUT2D eigenvalue weighted by Crippen LogP contribution is 2.14. The van der Waals surface area contributed by atoms with Gasteiger partial charge in [-0.3, -0.25) is 4.72 Å². The molecule has 7 nitrogen and oxygen atoms in total. The third kappa shape index (κ3) is 9.75. The summed E-state index contributed by atoms with van der Waals surface area (Å²) in [4.78, 5) is 11.7. The maximum Gasteiger partial charge on any atom is 0.319 e. The molecule has 1 aromatic carbocycles. The number of hydrogen-bond acceptors (Lipinski definition) is 4. The van der Waals surface area contributed by atoms with Gasteiger partial charge in [0.1, 0.15) is 0 Å². The molecule has 0 heterocycles. The van der Waals surface area contributed by atoms with E-state index in [-0.39, 0.29) is 6.03 Å². The fourth-order valence-corrected chi connectivity index (χ4v) is 2.30. The van der Waals surface area contributed by atoms with Gasteiger partial charge in [0.15, 0.2) is 0 Å². The van der Waals surface area contributed by atoms with Crippen molar-refractivity contribution in [1.29, 1.82) is 0 Å². The van der Waals surface area contributed by atoms with E-state index >= 15 is 0 Å². The van der Waals surface area contributed by atoms with Crippen LogP contribution in [0.1, 0.15) is 26.2 Å². The number of ether oxygens (including phenoxy) is 1. The minimum atomic E-state index is -3.30. The van der Waals surface area contributed by atoms with E-state index in [2.05, 4.69) is 22.3 Å². The van der Waals surface area contributed by atoms with Gasteiger partial charge in [-0.1, -0.05) is 13.3 Å².